The summed E-state index contributed by atoms with van der Waals surface area (Å²) in [5, 5.41) is 9.36. The zero-order valence-electron chi connectivity index (χ0n) is 13.3. The van der Waals surface area contributed by atoms with Crippen LogP contribution < -0.4 is 9.47 Å². The molecule has 1 unspecified atom stereocenters. The van der Waals surface area contributed by atoms with E-state index in [1.54, 1.807) is 0 Å². The molecule has 2 aromatic rings. The van der Waals surface area contributed by atoms with Crippen LogP contribution in [0.25, 0.3) is 6.08 Å². The van der Waals surface area contributed by atoms with Crippen LogP contribution in [0.1, 0.15) is 11.1 Å². The Morgan fingerprint density at radius 2 is 1.88 bits per heavy atom. The van der Waals surface area contributed by atoms with Gasteiger partial charge in [-0.1, -0.05) is 24.3 Å². The highest BCUT2D eigenvalue weighted by Gasteiger charge is 2.66. The number of para-hydroxylation sites is 1. The van der Waals surface area contributed by atoms with E-state index in [9.17, 15) is 27.5 Å². The van der Waals surface area contributed by atoms with Crippen LogP contribution in [-0.2, 0) is 4.79 Å². The van der Waals surface area contributed by atoms with E-state index in [2.05, 4.69) is 0 Å². The van der Waals surface area contributed by atoms with E-state index in [4.69, 9.17) is 9.47 Å². The van der Waals surface area contributed by atoms with Gasteiger partial charge in [-0.15, -0.1) is 0 Å². The van der Waals surface area contributed by atoms with E-state index in [-0.39, 0.29) is 16.9 Å². The number of fused-ring (bicyclic) bond motifs is 1. The van der Waals surface area contributed by atoms with Crippen LogP contribution in [0.5, 0.6) is 11.5 Å². The van der Waals surface area contributed by atoms with Crippen molar-refractivity contribution in [1.29, 1.82) is 0 Å². The molecular weight excluding hydrogens is 356 g/mol. The molecule has 0 saturated heterocycles. The van der Waals surface area contributed by atoms with Gasteiger partial charge in [0.2, 0.25) is 0 Å². The second-order valence-electron chi connectivity index (χ2n) is 5.63. The summed E-state index contributed by atoms with van der Waals surface area (Å²) in [5.41, 5.74) is -0.820. The molecule has 1 aliphatic rings. The molecule has 26 heavy (non-hydrogen) atoms. The van der Waals surface area contributed by atoms with Crippen molar-refractivity contribution < 1.29 is 36.9 Å². The number of aliphatic carboxylic acids is 1. The SMILES string of the molecule is Cc1ccc(F)cc1OC1(C(F)(F)F)Oc2ccccc2C=C1C(=O)O. The number of carboxylic acid groups (broad SMARTS) is 1. The monoisotopic (exact) mass is 368 g/mol. The van der Waals surface area contributed by atoms with Crippen molar-refractivity contribution in [3.05, 3.63) is 65.0 Å². The maximum absolute atomic E-state index is 14.0. The third kappa shape index (κ3) is 2.87. The zero-order valence-corrected chi connectivity index (χ0v) is 13.3. The molecule has 0 saturated carbocycles. The van der Waals surface area contributed by atoms with Gasteiger partial charge >= 0.3 is 17.9 Å². The predicted molar refractivity (Wildman–Crippen MR) is 83.2 cm³/mol. The van der Waals surface area contributed by atoms with Crippen LogP contribution >= 0.6 is 0 Å². The van der Waals surface area contributed by atoms with E-state index < -0.39 is 35.1 Å². The average Bonchev–Trinajstić information content (AvgIpc) is 2.56. The van der Waals surface area contributed by atoms with E-state index >= 15 is 0 Å². The van der Waals surface area contributed by atoms with Gasteiger partial charge in [-0.2, -0.15) is 13.2 Å². The number of hydrogen-bond acceptors (Lipinski definition) is 3. The summed E-state index contributed by atoms with van der Waals surface area (Å²) in [6.45, 7) is 1.40. The van der Waals surface area contributed by atoms with Crippen molar-refractivity contribution in [2.45, 2.75) is 18.9 Å². The maximum atomic E-state index is 14.0. The second kappa shape index (κ2) is 6.05. The molecule has 1 aliphatic heterocycles. The molecule has 0 fully saturated rings. The van der Waals surface area contributed by atoms with Crippen molar-refractivity contribution in [3.63, 3.8) is 0 Å². The highest BCUT2D eigenvalue weighted by molar-refractivity contribution is 5.96. The Morgan fingerprint density at radius 1 is 1.19 bits per heavy atom. The summed E-state index contributed by atoms with van der Waals surface area (Å²) in [5.74, 6) is -7.00. The van der Waals surface area contributed by atoms with Crippen LogP contribution in [0.15, 0.2) is 48.0 Å². The normalized spacial score (nSPS) is 19.2. The third-order valence-electron chi connectivity index (χ3n) is 3.83. The topological polar surface area (TPSA) is 55.8 Å². The Balaban J connectivity index is 2.22. The highest BCUT2D eigenvalue weighted by Crippen LogP contribution is 2.46. The van der Waals surface area contributed by atoms with Crippen LogP contribution in [0, 0.1) is 12.7 Å². The fourth-order valence-corrected chi connectivity index (χ4v) is 2.54. The number of rotatable bonds is 3. The lowest BCUT2D eigenvalue weighted by atomic mass is 9.97. The molecule has 0 spiro atoms. The van der Waals surface area contributed by atoms with Crippen LogP contribution in [0.3, 0.4) is 0 Å². The molecule has 0 bridgehead atoms. The molecule has 2 aromatic carbocycles. The molecule has 0 aromatic heterocycles. The first kappa shape index (κ1) is 17.8. The van der Waals surface area contributed by atoms with Crippen LogP contribution in [0.2, 0.25) is 0 Å². The van der Waals surface area contributed by atoms with Crippen LogP contribution in [-0.4, -0.2) is 23.0 Å². The number of hydrogen-bond donors (Lipinski definition) is 1. The lowest BCUT2D eigenvalue weighted by Crippen LogP contribution is -2.59. The minimum absolute atomic E-state index is 0.157. The lowest BCUT2D eigenvalue weighted by Gasteiger charge is -2.38. The van der Waals surface area contributed by atoms with Crippen molar-refractivity contribution in [3.8, 4) is 11.5 Å². The van der Waals surface area contributed by atoms with Crippen molar-refractivity contribution in [2.24, 2.45) is 0 Å². The fraction of sp³-hybridized carbons (Fsp3) is 0.167. The number of alkyl halides is 3. The van der Waals surface area contributed by atoms with Gasteiger partial charge in [0, 0.05) is 11.6 Å². The summed E-state index contributed by atoms with van der Waals surface area (Å²) < 4.78 is 65.4. The Hall–Kier alpha value is -3.03. The van der Waals surface area contributed by atoms with Crippen molar-refractivity contribution in [1.82, 2.24) is 0 Å². The van der Waals surface area contributed by atoms with E-state index in [0.29, 0.717) is 0 Å². The van der Waals surface area contributed by atoms with Gasteiger partial charge in [0.15, 0.2) is 0 Å². The van der Waals surface area contributed by atoms with Gasteiger partial charge in [0.25, 0.3) is 0 Å². The minimum atomic E-state index is -5.26. The quantitative estimate of drug-likeness (QED) is 0.820. The molecule has 1 N–H and O–H groups in total. The smallest absolute Gasteiger partial charge is 0.473 e. The number of halogens is 4. The average molecular weight is 368 g/mol. The van der Waals surface area contributed by atoms with Gasteiger partial charge in [0.05, 0.1) is 0 Å². The Kier molecular flexibility index (Phi) is 4.14. The Labute approximate surface area is 145 Å². The Bertz CT molecular complexity index is 904. The number of ether oxygens (including phenoxy) is 2. The number of aryl methyl sites for hydroxylation is 1. The summed E-state index contributed by atoms with van der Waals surface area (Å²) >= 11 is 0. The molecule has 136 valence electrons. The standard InChI is InChI=1S/C18H12F4O4/c1-10-6-7-12(19)9-15(10)26-17(18(20,21)22)13(16(23)24)8-11-4-2-3-5-14(11)25-17/h2-9H,1H3,(H,23,24). The predicted octanol–water partition coefficient (Wildman–Crippen LogP) is 4.33. The van der Waals surface area contributed by atoms with Gasteiger partial charge < -0.3 is 14.6 Å². The fourth-order valence-electron chi connectivity index (χ4n) is 2.54. The van der Waals surface area contributed by atoms with Crippen molar-refractivity contribution >= 4 is 12.0 Å². The van der Waals surface area contributed by atoms with E-state index in [0.717, 1.165) is 18.2 Å². The summed E-state index contributed by atoms with van der Waals surface area (Å²) in [6, 6.07) is 8.64. The van der Waals surface area contributed by atoms with E-state index in [1.165, 1.54) is 37.3 Å². The third-order valence-corrected chi connectivity index (χ3v) is 3.83. The first-order chi connectivity index (χ1) is 12.1. The van der Waals surface area contributed by atoms with Gasteiger partial charge in [-0.25, -0.2) is 9.18 Å². The summed E-state index contributed by atoms with van der Waals surface area (Å²) in [4.78, 5) is 11.6. The zero-order chi connectivity index (χ0) is 19.1. The first-order valence-corrected chi connectivity index (χ1v) is 7.39. The second-order valence-corrected chi connectivity index (χ2v) is 5.63. The molecule has 1 atom stereocenters. The highest BCUT2D eigenvalue weighted by atomic mass is 19.4. The first-order valence-electron chi connectivity index (χ1n) is 7.39. The van der Waals surface area contributed by atoms with Gasteiger partial charge in [0.1, 0.15) is 22.9 Å². The molecule has 8 heteroatoms. The molecule has 0 amide bonds. The molecule has 0 aliphatic carbocycles. The lowest BCUT2D eigenvalue weighted by molar-refractivity contribution is -0.304. The van der Waals surface area contributed by atoms with Crippen molar-refractivity contribution in [2.75, 3.05) is 0 Å². The Morgan fingerprint density at radius 3 is 2.54 bits per heavy atom. The number of carbonyl (C=O) groups is 1. The number of carboxylic acids is 1. The molecule has 3 rings (SSSR count). The molecule has 0 radical (unpaired) electrons. The summed E-state index contributed by atoms with van der Waals surface area (Å²) in [6.07, 6.45) is -4.42. The largest absolute Gasteiger partial charge is 0.478 e. The van der Waals surface area contributed by atoms with Gasteiger partial charge in [-0.3, -0.25) is 0 Å². The summed E-state index contributed by atoms with van der Waals surface area (Å²) in [7, 11) is 0. The van der Waals surface area contributed by atoms with E-state index in [1.807, 2.05) is 0 Å². The van der Waals surface area contributed by atoms with Gasteiger partial charge in [-0.05, 0) is 30.7 Å². The minimum Gasteiger partial charge on any atom is -0.478 e. The van der Waals surface area contributed by atoms with Crippen LogP contribution in [0.4, 0.5) is 17.6 Å². The molecule has 1 heterocycles. The molecular formula is C18H12F4O4. The maximum Gasteiger partial charge on any atom is 0.473 e. The number of benzene rings is 2. The molecule has 4 nitrogen and oxygen atoms in total.